The molecule has 0 saturated carbocycles. The van der Waals surface area contributed by atoms with Crippen molar-refractivity contribution in [3.05, 3.63) is 30.3 Å². The molecule has 2 aromatic carbocycles. The van der Waals surface area contributed by atoms with Crippen molar-refractivity contribution < 1.29 is 21.9 Å². The van der Waals surface area contributed by atoms with Crippen molar-refractivity contribution in [1.29, 1.82) is 0 Å². The van der Waals surface area contributed by atoms with Crippen LogP contribution in [0.2, 0.25) is 0 Å². The zero-order valence-electron chi connectivity index (χ0n) is 18.0. The minimum absolute atomic E-state index is 0.0444. The maximum atomic E-state index is 13.6. The molecule has 1 aliphatic heterocycles. The molecule has 14 nitrogen and oxygen atoms in total. The van der Waals surface area contributed by atoms with E-state index in [9.17, 15) is 21.9 Å². The van der Waals surface area contributed by atoms with Gasteiger partial charge >= 0.3 is 0 Å². The number of hydrogen-bond acceptors (Lipinski definition) is 11. The smallest absolute Gasteiger partial charge is 0.240 e. The van der Waals surface area contributed by atoms with Gasteiger partial charge in [-0.1, -0.05) is 18.2 Å². The third kappa shape index (κ3) is 3.94. The van der Waals surface area contributed by atoms with Crippen molar-refractivity contribution in [2.24, 2.45) is 5.14 Å². The average Bonchev–Trinajstić information content (AvgIpc) is 3.57. The van der Waals surface area contributed by atoms with Gasteiger partial charge in [0.1, 0.15) is 4.90 Å². The number of imidazole rings is 1. The molecule has 5 rings (SSSR count). The van der Waals surface area contributed by atoms with Crippen molar-refractivity contribution >= 4 is 36.8 Å². The fraction of sp³-hybridized carbons (Fsp3) is 0.263. The Labute approximate surface area is 199 Å². The summed E-state index contributed by atoms with van der Waals surface area (Å²) in [5.74, 6) is -0.0223. The number of sulfone groups is 1. The molecule has 3 heterocycles. The molecule has 8 N–H and O–H groups in total. The summed E-state index contributed by atoms with van der Waals surface area (Å²) < 4.78 is 53.1. The highest BCUT2D eigenvalue weighted by molar-refractivity contribution is 7.94. The van der Waals surface area contributed by atoms with Gasteiger partial charge in [0.05, 0.1) is 33.3 Å². The summed E-state index contributed by atoms with van der Waals surface area (Å²) in [5.41, 5.74) is 7.41. The van der Waals surface area contributed by atoms with Gasteiger partial charge in [0.15, 0.2) is 15.8 Å². The molecule has 0 aliphatic carbocycles. The first-order chi connectivity index (χ1) is 16.6. The summed E-state index contributed by atoms with van der Waals surface area (Å²) in [5, 5.41) is 30.6. The van der Waals surface area contributed by atoms with Crippen molar-refractivity contribution in [1.82, 2.24) is 35.9 Å². The van der Waals surface area contributed by atoms with Crippen LogP contribution in [0.5, 0.6) is 0 Å². The van der Waals surface area contributed by atoms with Crippen LogP contribution in [0.1, 0.15) is 6.42 Å². The molecule has 1 aliphatic rings. The molecule has 2 atom stereocenters. The monoisotopic (exact) mass is 519 g/mol. The summed E-state index contributed by atoms with van der Waals surface area (Å²) in [6.07, 6.45) is 0.105. The number of fused-ring (bicyclic) bond motifs is 1. The fourth-order valence-electron chi connectivity index (χ4n) is 4.39. The van der Waals surface area contributed by atoms with E-state index in [1.165, 1.54) is 12.1 Å². The predicted octanol–water partition coefficient (Wildman–Crippen LogP) is -0.864. The molecule has 0 spiro atoms. The van der Waals surface area contributed by atoms with Crippen LogP contribution in [0.3, 0.4) is 0 Å². The lowest BCUT2D eigenvalue weighted by atomic mass is 9.98. The number of aliphatic hydroxyl groups is 1. The first-order valence-electron chi connectivity index (χ1n) is 10.4. The SMILES string of the molecule is Nc1nc2c(-c3ccc(S(=O)(=O)[C@H]4CN[C@H](CO)C4)c(S(N)(=O)=O)c3-c3nn[nH]n3)cccc2[nH]1. The van der Waals surface area contributed by atoms with E-state index in [0.29, 0.717) is 16.6 Å². The van der Waals surface area contributed by atoms with Gasteiger partial charge in [-0.15, -0.1) is 10.2 Å². The van der Waals surface area contributed by atoms with Crippen LogP contribution in [0, 0.1) is 0 Å². The number of aromatic amines is 2. The third-order valence-corrected chi connectivity index (χ3v) is 9.26. The number of nitrogen functional groups attached to an aromatic ring is 1. The number of hydrogen-bond donors (Lipinski definition) is 6. The van der Waals surface area contributed by atoms with E-state index in [0.717, 1.165) is 0 Å². The van der Waals surface area contributed by atoms with E-state index in [-0.39, 0.29) is 42.5 Å². The highest BCUT2D eigenvalue weighted by Crippen LogP contribution is 2.41. The molecule has 2 aromatic heterocycles. The summed E-state index contributed by atoms with van der Waals surface area (Å²) in [7, 11) is -8.83. The lowest BCUT2D eigenvalue weighted by Crippen LogP contribution is -2.27. The van der Waals surface area contributed by atoms with E-state index in [2.05, 4.69) is 35.9 Å². The van der Waals surface area contributed by atoms with Gasteiger partial charge in [-0.3, -0.25) is 0 Å². The van der Waals surface area contributed by atoms with Crippen molar-refractivity contribution in [2.45, 2.75) is 27.5 Å². The lowest BCUT2D eigenvalue weighted by molar-refractivity contribution is 0.255. The summed E-state index contributed by atoms with van der Waals surface area (Å²) in [6.45, 7) is -0.208. The van der Waals surface area contributed by atoms with Gasteiger partial charge < -0.3 is 21.1 Å². The Kier molecular flexibility index (Phi) is 5.56. The molecule has 0 bridgehead atoms. The van der Waals surface area contributed by atoms with Crippen molar-refractivity contribution in [2.75, 3.05) is 18.9 Å². The predicted molar refractivity (Wildman–Crippen MR) is 125 cm³/mol. The van der Waals surface area contributed by atoms with Gasteiger partial charge in [-0.05, 0) is 29.3 Å². The van der Waals surface area contributed by atoms with Crippen LogP contribution in [0.25, 0.3) is 33.5 Å². The second kappa shape index (κ2) is 8.35. The zero-order valence-corrected chi connectivity index (χ0v) is 19.6. The summed E-state index contributed by atoms with van der Waals surface area (Å²) in [4.78, 5) is 6.05. The van der Waals surface area contributed by atoms with Crippen molar-refractivity contribution in [3.63, 3.8) is 0 Å². The Morgan fingerprint density at radius 3 is 2.57 bits per heavy atom. The van der Waals surface area contributed by atoms with Crippen LogP contribution in [-0.4, -0.2) is 77.0 Å². The minimum atomic E-state index is -4.62. The number of nitrogens with one attached hydrogen (secondary N) is 3. The number of nitrogens with two attached hydrogens (primary N) is 2. The Balaban J connectivity index is 1.84. The van der Waals surface area contributed by atoms with Crippen LogP contribution < -0.4 is 16.2 Å². The quantitative estimate of drug-likeness (QED) is 0.183. The Morgan fingerprint density at radius 2 is 1.91 bits per heavy atom. The number of aromatic nitrogens is 6. The number of rotatable bonds is 6. The first-order valence-corrected chi connectivity index (χ1v) is 13.5. The van der Waals surface area contributed by atoms with E-state index in [1.54, 1.807) is 18.2 Å². The van der Waals surface area contributed by atoms with Gasteiger partial charge in [0, 0.05) is 18.2 Å². The van der Waals surface area contributed by atoms with E-state index in [1.807, 2.05) is 0 Å². The molecule has 16 heteroatoms. The highest BCUT2D eigenvalue weighted by Gasteiger charge is 2.39. The molecule has 184 valence electrons. The largest absolute Gasteiger partial charge is 0.395 e. The molecule has 1 fully saturated rings. The molecular formula is C19H21N9O5S2. The Hall–Kier alpha value is -3.44. The van der Waals surface area contributed by atoms with Crippen LogP contribution >= 0.6 is 0 Å². The van der Waals surface area contributed by atoms with E-state index in [4.69, 9.17) is 10.9 Å². The van der Waals surface area contributed by atoms with Crippen LogP contribution in [0.4, 0.5) is 5.95 Å². The molecular weight excluding hydrogens is 498 g/mol. The fourth-order valence-corrected chi connectivity index (χ4v) is 7.70. The minimum Gasteiger partial charge on any atom is -0.395 e. The number of aliphatic hydroxyl groups excluding tert-OH is 1. The average molecular weight is 520 g/mol. The number of anilines is 1. The number of nitrogens with zero attached hydrogens (tertiary/aromatic N) is 4. The topological polar surface area (TPSA) is 236 Å². The lowest BCUT2D eigenvalue weighted by Gasteiger charge is -2.18. The normalized spacial score (nSPS) is 18.9. The molecule has 4 aromatic rings. The molecule has 1 saturated heterocycles. The Morgan fingerprint density at radius 1 is 1.11 bits per heavy atom. The third-order valence-electron chi connectivity index (χ3n) is 5.94. The van der Waals surface area contributed by atoms with Gasteiger partial charge in [0.25, 0.3) is 0 Å². The van der Waals surface area contributed by atoms with Crippen molar-refractivity contribution in [3.8, 4) is 22.5 Å². The molecule has 35 heavy (non-hydrogen) atoms. The molecule has 0 radical (unpaired) electrons. The summed E-state index contributed by atoms with van der Waals surface area (Å²) >= 11 is 0. The van der Waals surface area contributed by atoms with E-state index < -0.39 is 40.9 Å². The zero-order chi connectivity index (χ0) is 25.0. The number of tetrazole rings is 1. The maximum Gasteiger partial charge on any atom is 0.240 e. The first kappa shape index (κ1) is 23.3. The Bertz CT molecular complexity index is 1630. The highest BCUT2D eigenvalue weighted by atomic mass is 32.2. The van der Waals surface area contributed by atoms with Gasteiger partial charge in [-0.25, -0.2) is 27.0 Å². The van der Waals surface area contributed by atoms with E-state index >= 15 is 0 Å². The van der Waals surface area contributed by atoms with Crippen LogP contribution in [-0.2, 0) is 19.9 Å². The maximum absolute atomic E-state index is 13.6. The number of primary sulfonamides is 1. The molecule has 0 amide bonds. The number of sulfonamides is 1. The summed E-state index contributed by atoms with van der Waals surface area (Å²) in [6, 6.07) is 7.35. The second-order valence-corrected chi connectivity index (χ2v) is 11.8. The number of para-hydroxylation sites is 1. The molecule has 0 unspecified atom stereocenters. The number of benzene rings is 2. The second-order valence-electron chi connectivity index (χ2n) is 8.11. The number of H-pyrrole nitrogens is 2. The standard InChI is InChI=1S/C19H21N9O5S2/c20-19-23-13-3-1-2-12(16(13)24-19)11-4-5-14(34(30,31)10-6-9(8-29)22-7-10)17(35(21,32)33)15(11)18-25-27-28-26-18/h1-5,9-10,22,29H,6-8H2,(H3,20,23,24)(H2,21,32,33)(H,25,26,27,28)/t9-,10+/m0/s1. The van der Waals surface area contributed by atoms with Gasteiger partial charge in [-0.2, -0.15) is 5.21 Å². The van der Waals surface area contributed by atoms with Crippen LogP contribution in [0.15, 0.2) is 40.1 Å². The van der Waals surface area contributed by atoms with Gasteiger partial charge in [0.2, 0.25) is 15.8 Å².